The van der Waals surface area contributed by atoms with Crippen molar-refractivity contribution in [1.82, 2.24) is 0 Å². The number of benzene rings is 6. The summed E-state index contributed by atoms with van der Waals surface area (Å²) in [5.41, 5.74) is 6.90. The SMILES string of the molecule is c1ccc(-c2c3ccccc3c(-c3ccc4oc5ccc6sccc6c5c4c3)c3ccccc23)cc1. The average Bonchev–Trinajstić information content (AvgIpc) is 3.56. The molecule has 0 bridgehead atoms. The molecule has 0 saturated carbocycles. The van der Waals surface area contributed by atoms with Gasteiger partial charge in [0.05, 0.1) is 0 Å². The molecule has 0 N–H and O–H groups in total. The lowest BCUT2D eigenvalue weighted by atomic mass is 9.86. The van der Waals surface area contributed by atoms with Gasteiger partial charge in [0.25, 0.3) is 0 Å². The monoisotopic (exact) mass is 476 g/mol. The van der Waals surface area contributed by atoms with Gasteiger partial charge in [-0.05, 0) is 79.5 Å². The first kappa shape index (κ1) is 19.9. The molecule has 0 radical (unpaired) electrons. The molecule has 2 heterocycles. The summed E-state index contributed by atoms with van der Waals surface area (Å²) in [5.74, 6) is 0. The molecule has 2 heteroatoms. The minimum Gasteiger partial charge on any atom is -0.456 e. The molecule has 0 saturated heterocycles. The number of fused-ring (bicyclic) bond motifs is 7. The maximum absolute atomic E-state index is 6.28. The van der Waals surface area contributed by atoms with Gasteiger partial charge in [0.2, 0.25) is 0 Å². The summed E-state index contributed by atoms with van der Waals surface area (Å²) in [6.07, 6.45) is 0. The fraction of sp³-hybridized carbons (Fsp3) is 0. The largest absolute Gasteiger partial charge is 0.456 e. The fourth-order valence-corrected chi connectivity index (χ4v) is 6.62. The van der Waals surface area contributed by atoms with Crippen molar-refractivity contribution in [2.24, 2.45) is 0 Å². The molecule has 0 unspecified atom stereocenters. The van der Waals surface area contributed by atoms with Gasteiger partial charge in [0.1, 0.15) is 11.2 Å². The molecule has 1 nitrogen and oxygen atoms in total. The lowest BCUT2D eigenvalue weighted by molar-refractivity contribution is 0.669. The predicted molar refractivity (Wildman–Crippen MR) is 155 cm³/mol. The standard InChI is InChI=1S/C34H20OS/c1-2-8-21(9-3-1)32-23-10-4-6-12-25(23)33(26-13-7-5-11-24(26)32)22-14-15-29-28(20-22)34-27-18-19-36-31(27)17-16-30(34)35-29/h1-20H. The number of rotatable bonds is 2. The van der Waals surface area contributed by atoms with Crippen molar-refractivity contribution in [3.8, 4) is 22.3 Å². The highest BCUT2D eigenvalue weighted by Crippen LogP contribution is 2.45. The van der Waals surface area contributed by atoms with Crippen molar-refractivity contribution < 1.29 is 4.42 Å². The van der Waals surface area contributed by atoms with Crippen LogP contribution in [-0.4, -0.2) is 0 Å². The van der Waals surface area contributed by atoms with Crippen molar-refractivity contribution in [3.05, 3.63) is 121 Å². The predicted octanol–water partition coefficient (Wildman–Crippen LogP) is 10.4. The quantitative estimate of drug-likeness (QED) is 0.226. The molecule has 8 rings (SSSR count). The third kappa shape index (κ3) is 2.76. The van der Waals surface area contributed by atoms with Crippen LogP contribution >= 0.6 is 11.3 Å². The zero-order valence-electron chi connectivity index (χ0n) is 19.4. The average molecular weight is 477 g/mol. The Morgan fingerprint density at radius 1 is 0.444 bits per heavy atom. The molecule has 0 spiro atoms. The van der Waals surface area contributed by atoms with E-state index in [4.69, 9.17) is 4.42 Å². The molecule has 0 aliphatic carbocycles. The molecule has 168 valence electrons. The first-order valence-corrected chi connectivity index (χ1v) is 13.1. The van der Waals surface area contributed by atoms with Crippen LogP contribution in [0.4, 0.5) is 0 Å². The van der Waals surface area contributed by atoms with E-state index >= 15 is 0 Å². The van der Waals surface area contributed by atoms with Gasteiger partial charge in [0.15, 0.2) is 0 Å². The highest BCUT2D eigenvalue weighted by atomic mass is 32.1. The Labute approximate surface area is 211 Å². The first-order valence-electron chi connectivity index (χ1n) is 12.2. The molecular formula is C34H20OS. The minimum atomic E-state index is 0.932. The molecule has 0 amide bonds. The molecule has 36 heavy (non-hydrogen) atoms. The summed E-state index contributed by atoms with van der Waals surface area (Å²) in [5, 5.41) is 10.9. The summed E-state index contributed by atoms with van der Waals surface area (Å²) in [6, 6.07) is 41.5. The van der Waals surface area contributed by atoms with Crippen molar-refractivity contribution in [1.29, 1.82) is 0 Å². The zero-order valence-corrected chi connectivity index (χ0v) is 20.2. The highest BCUT2D eigenvalue weighted by Gasteiger charge is 2.18. The van der Waals surface area contributed by atoms with Crippen LogP contribution < -0.4 is 0 Å². The van der Waals surface area contributed by atoms with Crippen molar-refractivity contribution >= 4 is 64.9 Å². The highest BCUT2D eigenvalue weighted by molar-refractivity contribution is 7.17. The smallest absolute Gasteiger partial charge is 0.136 e. The molecule has 6 aromatic carbocycles. The summed E-state index contributed by atoms with van der Waals surface area (Å²) in [7, 11) is 0. The minimum absolute atomic E-state index is 0.932. The summed E-state index contributed by atoms with van der Waals surface area (Å²) < 4.78 is 7.57. The van der Waals surface area contributed by atoms with E-state index in [2.05, 4.69) is 121 Å². The fourth-order valence-electron chi connectivity index (χ4n) is 5.83. The van der Waals surface area contributed by atoms with Crippen LogP contribution in [0.1, 0.15) is 0 Å². The summed E-state index contributed by atoms with van der Waals surface area (Å²) in [4.78, 5) is 0. The van der Waals surface area contributed by atoms with Gasteiger partial charge < -0.3 is 4.42 Å². The zero-order chi connectivity index (χ0) is 23.6. The van der Waals surface area contributed by atoms with Gasteiger partial charge in [-0.3, -0.25) is 0 Å². The maximum atomic E-state index is 6.28. The van der Waals surface area contributed by atoms with Crippen LogP contribution in [0.25, 0.3) is 75.8 Å². The Morgan fingerprint density at radius 3 is 1.75 bits per heavy atom. The van der Waals surface area contributed by atoms with Crippen molar-refractivity contribution in [2.75, 3.05) is 0 Å². The van der Waals surface area contributed by atoms with E-state index in [1.54, 1.807) is 11.3 Å². The Morgan fingerprint density at radius 2 is 1.06 bits per heavy atom. The van der Waals surface area contributed by atoms with Gasteiger partial charge in [-0.15, -0.1) is 11.3 Å². The number of hydrogen-bond acceptors (Lipinski definition) is 2. The third-order valence-corrected chi connectivity index (χ3v) is 8.23. The van der Waals surface area contributed by atoms with Crippen LogP contribution in [0.2, 0.25) is 0 Å². The summed E-state index contributed by atoms with van der Waals surface area (Å²) in [6.45, 7) is 0. The lowest BCUT2D eigenvalue weighted by Crippen LogP contribution is -1.90. The Balaban J connectivity index is 1.52. The van der Waals surface area contributed by atoms with Crippen molar-refractivity contribution in [3.63, 3.8) is 0 Å². The van der Waals surface area contributed by atoms with Gasteiger partial charge >= 0.3 is 0 Å². The molecular weight excluding hydrogens is 456 g/mol. The van der Waals surface area contributed by atoms with E-state index in [0.717, 1.165) is 11.2 Å². The van der Waals surface area contributed by atoms with E-state index in [9.17, 15) is 0 Å². The molecule has 2 aromatic heterocycles. The van der Waals surface area contributed by atoms with Crippen molar-refractivity contribution in [2.45, 2.75) is 0 Å². The van der Waals surface area contributed by atoms with Gasteiger partial charge in [-0.1, -0.05) is 84.9 Å². The van der Waals surface area contributed by atoms with E-state index in [1.165, 1.54) is 64.7 Å². The third-order valence-electron chi connectivity index (χ3n) is 7.35. The normalized spacial score (nSPS) is 11.9. The van der Waals surface area contributed by atoms with Crippen LogP contribution in [0.3, 0.4) is 0 Å². The van der Waals surface area contributed by atoms with E-state index in [-0.39, 0.29) is 0 Å². The van der Waals surface area contributed by atoms with Crippen LogP contribution in [-0.2, 0) is 0 Å². The van der Waals surface area contributed by atoms with Crippen LogP contribution in [0.15, 0.2) is 125 Å². The van der Waals surface area contributed by atoms with E-state index in [1.807, 2.05) is 0 Å². The second kappa shape index (κ2) is 7.55. The molecule has 0 aliphatic rings. The van der Waals surface area contributed by atoms with Gasteiger partial charge in [0, 0.05) is 20.9 Å². The maximum Gasteiger partial charge on any atom is 0.136 e. The number of hydrogen-bond donors (Lipinski definition) is 0. The molecule has 0 aliphatic heterocycles. The lowest BCUT2D eigenvalue weighted by Gasteiger charge is -2.17. The second-order valence-electron chi connectivity index (χ2n) is 9.29. The van der Waals surface area contributed by atoms with E-state index in [0.29, 0.717) is 0 Å². The number of furan rings is 1. The Hall–Kier alpha value is -4.40. The van der Waals surface area contributed by atoms with Crippen LogP contribution in [0.5, 0.6) is 0 Å². The van der Waals surface area contributed by atoms with Crippen LogP contribution in [0, 0.1) is 0 Å². The Kier molecular flexibility index (Phi) is 4.16. The van der Waals surface area contributed by atoms with Gasteiger partial charge in [-0.2, -0.15) is 0 Å². The topological polar surface area (TPSA) is 13.1 Å². The molecule has 8 aromatic rings. The number of thiophene rings is 1. The van der Waals surface area contributed by atoms with E-state index < -0.39 is 0 Å². The summed E-state index contributed by atoms with van der Waals surface area (Å²) >= 11 is 1.78. The molecule has 0 fully saturated rings. The van der Waals surface area contributed by atoms with Gasteiger partial charge in [-0.25, -0.2) is 0 Å². The second-order valence-corrected chi connectivity index (χ2v) is 10.2. The molecule has 0 atom stereocenters. The first-order chi connectivity index (χ1) is 17.9. The Bertz CT molecular complexity index is 2040.